The molecule has 3 N–H and O–H groups in total. The van der Waals surface area contributed by atoms with Crippen molar-refractivity contribution in [1.82, 2.24) is 10.2 Å². The second-order valence-electron chi connectivity index (χ2n) is 7.28. The molecule has 2 aromatic rings. The van der Waals surface area contributed by atoms with E-state index in [0.29, 0.717) is 34.4 Å². The molecule has 33 heavy (non-hydrogen) atoms. The van der Waals surface area contributed by atoms with Gasteiger partial charge in [-0.1, -0.05) is 34.1 Å². The highest BCUT2D eigenvalue weighted by Crippen LogP contribution is 2.31. The second-order valence-corrected chi connectivity index (χ2v) is 8.58. The summed E-state index contributed by atoms with van der Waals surface area (Å²) >= 11 is 8.80. The van der Waals surface area contributed by atoms with Crippen molar-refractivity contribution in [3.63, 3.8) is 0 Å². The van der Waals surface area contributed by atoms with E-state index in [1.807, 2.05) is 31.2 Å². The Morgan fingerprint density at radius 3 is 2.48 bits per heavy atom. The first-order valence-corrected chi connectivity index (χ1v) is 11.3. The van der Waals surface area contributed by atoms with Gasteiger partial charge in [0.25, 0.3) is 0 Å². The smallest absolute Gasteiger partial charge is 0.338 e. The number of methoxy groups -OCH3 is 1. The Bertz CT molecular complexity index is 1070. The van der Waals surface area contributed by atoms with Crippen molar-refractivity contribution in [2.24, 2.45) is 0 Å². The third-order valence-corrected chi connectivity index (χ3v) is 5.96. The number of urea groups is 1. The fourth-order valence-corrected chi connectivity index (χ4v) is 3.92. The van der Waals surface area contributed by atoms with Crippen LogP contribution in [0.3, 0.4) is 0 Å². The van der Waals surface area contributed by atoms with Gasteiger partial charge in [-0.25, -0.2) is 9.59 Å². The largest absolute Gasteiger partial charge is 0.460 e. The van der Waals surface area contributed by atoms with E-state index in [4.69, 9.17) is 21.7 Å². The molecule has 10 heteroatoms. The molecule has 2 aromatic carbocycles. The number of ether oxygens (including phenoxy) is 2. The number of esters is 1. The molecular weight excluding hydrogens is 508 g/mol. The van der Waals surface area contributed by atoms with Crippen LogP contribution in [-0.4, -0.2) is 49.4 Å². The van der Waals surface area contributed by atoms with Gasteiger partial charge in [-0.15, -0.1) is 0 Å². The maximum atomic E-state index is 12.8. The third-order valence-electron chi connectivity index (χ3n) is 5.08. The molecule has 1 aliphatic heterocycles. The van der Waals surface area contributed by atoms with Gasteiger partial charge in [0.2, 0.25) is 0 Å². The molecule has 0 radical (unpaired) electrons. The first-order chi connectivity index (χ1) is 15.8. The molecule has 0 bridgehead atoms. The zero-order valence-corrected chi connectivity index (χ0v) is 20.9. The fraction of sp³-hybridized carbons (Fsp3) is 0.261. The summed E-state index contributed by atoms with van der Waals surface area (Å²) in [6.07, 6.45) is 0. The van der Waals surface area contributed by atoms with Crippen molar-refractivity contribution in [3.8, 4) is 0 Å². The van der Waals surface area contributed by atoms with Crippen LogP contribution in [0.5, 0.6) is 0 Å². The van der Waals surface area contributed by atoms with Crippen LogP contribution in [0, 0.1) is 0 Å². The molecule has 1 heterocycles. The fourth-order valence-electron chi connectivity index (χ4n) is 3.26. The van der Waals surface area contributed by atoms with Crippen molar-refractivity contribution in [3.05, 3.63) is 69.8 Å². The van der Waals surface area contributed by atoms with Gasteiger partial charge in [0, 0.05) is 35.7 Å². The van der Waals surface area contributed by atoms with Crippen LogP contribution in [0.4, 0.5) is 16.2 Å². The zero-order chi connectivity index (χ0) is 24.0. The molecule has 1 unspecified atom stereocenters. The summed E-state index contributed by atoms with van der Waals surface area (Å²) in [5.41, 5.74) is 3.25. The monoisotopic (exact) mass is 532 g/mol. The minimum atomic E-state index is -0.478. The summed E-state index contributed by atoms with van der Waals surface area (Å²) in [5, 5.41) is 9.27. The number of carbonyl (C=O) groups is 2. The van der Waals surface area contributed by atoms with Crippen LogP contribution in [0.15, 0.2) is 64.3 Å². The lowest BCUT2D eigenvalue weighted by molar-refractivity contribution is -0.140. The average molecular weight is 533 g/mol. The molecular formula is C23H25BrN4O4S. The molecule has 3 rings (SSSR count). The highest BCUT2D eigenvalue weighted by Gasteiger charge is 2.33. The number of anilines is 2. The second kappa shape index (κ2) is 11.3. The van der Waals surface area contributed by atoms with E-state index in [2.05, 4.69) is 31.9 Å². The van der Waals surface area contributed by atoms with E-state index < -0.39 is 12.0 Å². The average Bonchev–Trinajstić information content (AvgIpc) is 2.78. The Kier molecular flexibility index (Phi) is 8.43. The Balaban J connectivity index is 1.75. The maximum Gasteiger partial charge on any atom is 0.338 e. The number of nitrogens with one attached hydrogen (secondary N) is 3. The number of hydrogen-bond acceptors (Lipinski definition) is 5. The lowest BCUT2D eigenvalue weighted by Gasteiger charge is -2.35. The molecule has 0 saturated carbocycles. The van der Waals surface area contributed by atoms with E-state index >= 15 is 0 Å². The molecule has 1 aliphatic rings. The molecule has 8 nitrogen and oxygen atoms in total. The maximum absolute atomic E-state index is 12.8. The van der Waals surface area contributed by atoms with E-state index in [9.17, 15) is 9.59 Å². The van der Waals surface area contributed by atoms with Gasteiger partial charge >= 0.3 is 12.0 Å². The minimum absolute atomic E-state index is 0.156. The molecule has 0 spiro atoms. The third kappa shape index (κ3) is 6.31. The van der Waals surface area contributed by atoms with Crippen molar-refractivity contribution >= 4 is 56.6 Å². The van der Waals surface area contributed by atoms with Crippen LogP contribution in [0.2, 0.25) is 0 Å². The number of allylic oxidation sites excluding steroid dienone is 1. The van der Waals surface area contributed by atoms with E-state index in [1.54, 1.807) is 43.3 Å². The summed E-state index contributed by atoms with van der Waals surface area (Å²) in [5.74, 6) is -0.438. The molecule has 174 valence electrons. The van der Waals surface area contributed by atoms with Gasteiger partial charge in [0.05, 0.1) is 18.2 Å². The Morgan fingerprint density at radius 2 is 1.82 bits per heavy atom. The van der Waals surface area contributed by atoms with Crippen molar-refractivity contribution < 1.29 is 19.1 Å². The minimum Gasteiger partial charge on any atom is -0.460 e. The number of carbonyl (C=O) groups excluding carboxylic acids is 2. The van der Waals surface area contributed by atoms with Crippen LogP contribution in [0.25, 0.3) is 0 Å². The predicted molar refractivity (Wildman–Crippen MR) is 135 cm³/mol. The highest BCUT2D eigenvalue weighted by molar-refractivity contribution is 9.10. The lowest BCUT2D eigenvalue weighted by Crippen LogP contribution is -2.46. The standard InChI is InChI=1S/C23H25BrN4O4S/c1-14-19(21(29)32-12-11-31-3)20(27-23(33)28(14)2)15-7-9-17(10-8-15)25-22(30)26-18-6-4-5-16(24)13-18/h4-10,13,20H,11-12H2,1-3H3,(H,27,33)(H2,25,26,30). The summed E-state index contributed by atoms with van der Waals surface area (Å²) < 4.78 is 11.2. The normalized spacial score (nSPS) is 15.7. The van der Waals surface area contributed by atoms with Crippen LogP contribution in [-0.2, 0) is 14.3 Å². The van der Waals surface area contributed by atoms with Crippen molar-refractivity contribution in [1.29, 1.82) is 0 Å². The highest BCUT2D eigenvalue weighted by atomic mass is 79.9. The first-order valence-electron chi connectivity index (χ1n) is 10.1. The molecule has 0 saturated heterocycles. The number of nitrogens with zero attached hydrogens (tertiary/aromatic N) is 1. The topological polar surface area (TPSA) is 91.9 Å². The van der Waals surface area contributed by atoms with Crippen molar-refractivity contribution in [2.75, 3.05) is 38.0 Å². The van der Waals surface area contributed by atoms with Gasteiger partial charge in [-0.2, -0.15) is 0 Å². The SMILES string of the molecule is COCCOC(=O)C1=C(C)N(C)C(=S)NC1c1ccc(NC(=O)Nc2cccc(Br)c2)cc1. The molecule has 0 aliphatic carbocycles. The van der Waals surface area contributed by atoms with Crippen LogP contribution < -0.4 is 16.0 Å². The number of hydrogen-bond donors (Lipinski definition) is 3. The van der Waals surface area contributed by atoms with Crippen molar-refractivity contribution in [2.45, 2.75) is 13.0 Å². The Hall–Kier alpha value is -2.95. The van der Waals surface area contributed by atoms with E-state index in [-0.39, 0.29) is 12.6 Å². The van der Waals surface area contributed by atoms with Gasteiger partial charge in [0.1, 0.15) is 6.61 Å². The summed E-state index contributed by atoms with van der Waals surface area (Å²) in [6.45, 7) is 2.30. The zero-order valence-electron chi connectivity index (χ0n) is 18.5. The Labute approximate surface area is 206 Å². The molecule has 1 atom stereocenters. The number of benzene rings is 2. The van der Waals surface area contributed by atoms with E-state index in [1.165, 1.54) is 0 Å². The van der Waals surface area contributed by atoms with E-state index in [0.717, 1.165) is 10.0 Å². The van der Waals surface area contributed by atoms with Gasteiger partial charge in [-0.3, -0.25) is 0 Å². The molecule has 0 fully saturated rings. The number of halogens is 1. The van der Waals surface area contributed by atoms with Gasteiger partial charge < -0.3 is 30.3 Å². The van der Waals surface area contributed by atoms with Crippen LogP contribution in [0.1, 0.15) is 18.5 Å². The first kappa shape index (κ1) is 24.7. The van der Waals surface area contributed by atoms with Gasteiger partial charge in [-0.05, 0) is 55.0 Å². The Morgan fingerprint density at radius 1 is 1.12 bits per heavy atom. The quantitative estimate of drug-likeness (QED) is 0.276. The number of rotatable bonds is 7. The summed E-state index contributed by atoms with van der Waals surface area (Å²) in [7, 11) is 3.34. The predicted octanol–water partition coefficient (Wildman–Crippen LogP) is 4.42. The number of amides is 2. The summed E-state index contributed by atoms with van der Waals surface area (Å²) in [4.78, 5) is 26.9. The van der Waals surface area contributed by atoms with Crippen LogP contribution >= 0.6 is 28.1 Å². The number of thiocarbonyl (C=S) groups is 1. The molecule has 2 amide bonds. The lowest BCUT2D eigenvalue weighted by atomic mass is 9.95. The van der Waals surface area contributed by atoms with Gasteiger partial charge in [0.15, 0.2) is 5.11 Å². The molecule has 0 aromatic heterocycles. The summed E-state index contributed by atoms with van der Waals surface area (Å²) in [6, 6.07) is 13.7.